The summed E-state index contributed by atoms with van der Waals surface area (Å²) in [5.74, 6) is -0.695. The van der Waals surface area contributed by atoms with Gasteiger partial charge in [-0.3, -0.25) is 9.10 Å². The van der Waals surface area contributed by atoms with Crippen LogP contribution in [0, 0.1) is 13.8 Å². The van der Waals surface area contributed by atoms with Gasteiger partial charge in [0.25, 0.3) is 15.9 Å². The number of carbonyl (C=O) groups is 1. The molecule has 0 bridgehead atoms. The van der Waals surface area contributed by atoms with Crippen LogP contribution in [0.4, 0.5) is 11.4 Å². The summed E-state index contributed by atoms with van der Waals surface area (Å²) in [4.78, 5) is 13.1. The summed E-state index contributed by atoms with van der Waals surface area (Å²) >= 11 is 6.25. The van der Waals surface area contributed by atoms with Gasteiger partial charge < -0.3 is 5.32 Å². The molecule has 0 unspecified atom stereocenters. The average Bonchev–Trinajstić information content (AvgIpc) is 2.73. The van der Waals surface area contributed by atoms with E-state index in [-0.39, 0.29) is 4.91 Å². The molecule has 0 atom stereocenters. The van der Waals surface area contributed by atoms with Gasteiger partial charge in [0.15, 0.2) is 4.91 Å². The summed E-state index contributed by atoms with van der Waals surface area (Å²) in [6, 6.07) is 19.4. The number of nitrogens with zero attached hydrogens (tertiary/aromatic N) is 1. The van der Waals surface area contributed by atoms with E-state index in [1.807, 2.05) is 32.0 Å². The van der Waals surface area contributed by atoms with Crippen molar-refractivity contribution in [3.05, 3.63) is 98.9 Å². The number of carbonyl (C=O) groups excluding carboxylic acids is 1. The van der Waals surface area contributed by atoms with Crippen molar-refractivity contribution < 1.29 is 13.2 Å². The number of benzene rings is 3. The molecule has 1 aliphatic heterocycles. The first-order valence-electron chi connectivity index (χ1n) is 9.67. The number of anilines is 2. The first-order valence-corrected chi connectivity index (χ1v) is 11.5. The zero-order valence-electron chi connectivity index (χ0n) is 17.3. The molecule has 1 amide bonds. The molecule has 0 spiro atoms. The molecule has 31 heavy (non-hydrogen) atoms. The lowest BCUT2D eigenvalue weighted by Gasteiger charge is -2.31. The van der Waals surface area contributed by atoms with Crippen LogP contribution in [-0.4, -0.2) is 21.4 Å². The van der Waals surface area contributed by atoms with E-state index in [2.05, 4.69) is 5.32 Å². The Kier molecular flexibility index (Phi) is 5.37. The second kappa shape index (κ2) is 7.87. The zero-order chi connectivity index (χ0) is 22.3. The van der Waals surface area contributed by atoms with E-state index >= 15 is 0 Å². The lowest BCUT2D eigenvalue weighted by molar-refractivity contribution is -0.112. The number of sulfonamides is 1. The second-order valence-corrected chi connectivity index (χ2v) is 9.80. The number of aryl methyl sites for hydroxylation is 2. The van der Waals surface area contributed by atoms with E-state index in [1.165, 1.54) is 7.05 Å². The summed E-state index contributed by atoms with van der Waals surface area (Å²) in [7, 11) is -2.67. The maximum Gasteiger partial charge on any atom is 0.270 e. The average molecular weight is 453 g/mol. The predicted molar refractivity (Wildman–Crippen MR) is 126 cm³/mol. The van der Waals surface area contributed by atoms with Crippen molar-refractivity contribution in [2.45, 2.75) is 13.8 Å². The summed E-state index contributed by atoms with van der Waals surface area (Å²) < 4.78 is 28.1. The van der Waals surface area contributed by atoms with E-state index < -0.39 is 15.9 Å². The molecule has 1 heterocycles. The molecule has 1 N–H and O–H groups in total. The third kappa shape index (κ3) is 3.73. The number of rotatable bonds is 3. The third-order valence-electron chi connectivity index (χ3n) is 5.45. The molecule has 3 aromatic rings. The lowest BCUT2D eigenvalue weighted by atomic mass is 9.95. The highest BCUT2D eigenvalue weighted by atomic mass is 35.5. The summed E-state index contributed by atoms with van der Waals surface area (Å²) in [5, 5.41) is 3.22. The normalized spacial score (nSPS) is 14.9. The molecule has 0 fully saturated rings. The largest absolute Gasteiger partial charge is 0.321 e. The second-order valence-electron chi connectivity index (χ2n) is 7.46. The van der Waals surface area contributed by atoms with Crippen LogP contribution in [0.25, 0.3) is 5.57 Å². The Morgan fingerprint density at radius 2 is 1.65 bits per heavy atom. The van der Waals surface area contributed by atoms with Crippen molar-refractivity contribution in [2.24, 2.45) is 0 Å². The summed E-state index contributed by atoms with van der Waals surface area (Å²) in [5.41, 5.74) is 4.60. The van der Waals surface area contributed by atoms with Crippen LogP contribution < -0.4 is 9.62 Å². The minimum Gasteiger partial charge on any atom is -0.321 e. The summed E-state index contributed by atoms with van der Waals surface area (Å²) in [6.45, 7) is 3.90. The molecular formula is C24H21ClN2O3S. The Bertz CT molecular complexity index is 1330. The predicted octanol–water partition coefficient (Wildman–Crippen LogP) is 5.13. The van der Waals surface area contributed by atoms with Crippen molar-refractivity contribution in [2.75, 3.05) is 16.7 Å². The Balaban J connectivity index is 1.97. The standard InChI is InChI=1S/C24H21ClN2O3S/c1-15-9-11-19(13-16(15)2)26-24(28)23-22(17-7-5-4-6-8-17)20-14-18(25)10-12-21(20)27(3)31(23,29)30/h4-14H,1-3H3,(H,26,28). The number of hydrogen-bond acceptors (Lipinski definition) is 3. The molecule has 7 heteroatoms. The van der Waals surface area contributed by atoms with E-state index in [0.717, 1.165) is 15.4 Å². The smallest absolute Gasteiger partial charge is 0.270 e. The highest BCUT2D eigenvalue weighted by molar-refractivity contribution is 7.97. The Labute approximate surface area is 187 Å². The molecule has 5 nitrogen and oxygen atoms in total. The van der Waals surface area contributed by atoms with Gasteiger partial charge in [-0.15, -0.1) is 0 Å². The van der Waals surface area contributed by atoms with Gasteiger partial charge >= 0.3 is 0 Å². The maximum atomic E-state index is 13.5. The summed E-state index contributed by atoms with van der Waals surface area (Å²) in [6.07, 6.45) is 0. The molecular weight excluding hydrogens is 432 g/mol. The van der Waals surface area contributed by atoms with E-state index in [1.54, 1.807) is 48.5 Å². The molecule has 158 valence electrons. The van der Waals surface area contributed by atoms with E-state index in [0.29, 0.717) is 33.1 Å². The van der Waals surface area contributed by atoms with Gasteiger partial charge in [0.2, 0.25) is 0 Å². The fourth-order valence-electron chi connectivity index (χ4n) is 3.63. The van der Waals surface area contributed by atoms with Gasteiger partial charge in [-0.2, -0.15) is 0 Å². The van der Waals surface area contributed by atoms with Crippen molar-refractivity contribution in [3.8, 4) is 0 Å². The zero-order valence-corrected chi connectivity index (χ0v) is 18.9. The molecule has 0 aliphatic carbocycles. The van der Waals surface area contributed by atoms with Gasteiger partial charge in [-0.1, -0.05) is 48.0 Å². The topological polar surface area (TPSA) is 66.5 Å². The molecule has 0 saturated carbocycles. The number of nitrogens with one attached hydrogen (secondary N) is 1. The quantitative estimate of drug-likeness (QED) is 0.598. The van der Waals surface area contributed by atoms with Gasteiger partial charge in [-0.05, 0) is 60.9 Å². The third-order valence-corrected chi connectivity index (χ3v) is 7.50. The monoisotopic (exact) mass is 452 g/mol. The molecule has 4 rings (SSSR count). The van der Waals surface area contributed by atoms with Crippen LogP contribution >= 0.6 is 11.6 Å². The fraction of sp³-hybridized carbons (Fsp3) is 0.125. The van der Waals surface area contributed by atoms with E-state index in [9.17, 15) is 13.2 Å². The number of amides is 1. The van der Waals surface area contributed by atoms with Gasteiger partial charge in [-0.25, -0.2) is 8.42 Å². The minimum absolute atomic E-state index is 0.311. The van der Waals surface area contributed by atoms with Crippen LogP contribution in [0.5, 0.6) is 0 Å². The van der Waals surface area contributed by atoms with E-state index in [4.69, 9.17) is 11.6 Å². The molecule has 0 aromatic heterocycles. The van der Waals surface area contributed by atoms with Crippen molar-refractivity contribution in [1.29, 1.82) is 0 Å². The SMILES string of the molecule is Cc1ccc(NC(=O)C2=C(c3ccccc3)c3cc(Cl)ccc3N(C)S2(=O)=O)cc1C. The Hall–Kier alpha value is -3.09. The van der Waals surface area contributed by atoms with Crippen LogP contribution in [0.3, 0.4) is 0 Å². The minimum atomic E-state index is -4.11. The molecule has 3 aromatic carbocycles. The van der Waals surface area contributed by atoms with Crippen LogP contribution in [0.2, 0.25) is 5.02 Å². The van der Waals surface area contributed by atoms with Crippen LogP contribution in [0.15, 0.2) is 71.6 Å². The highest BCUT2D eigenvalue weighted by Gasteiger charge is 2.39. The lowest BCUT2D eigenvalue weighted by Crippen LogP contribution is -2.37. The first-order chi connectivity index (χ1) is 14.7. The van der Waals surface area contributed by atoms with Crippen molar-refractivity contribution >= 4 is 44.5 Å². The molecule has 0 saturated heterocycles. The van der Waals surface area contributed by atoms with Crippen LogP contribution in [0.1, 0.15) is 22.3 Å². The number of halogens is 1. The van der Waals surface area contributed by atoms with Gasteiger partial charge in [0.1, 0.15) is 0 Å². The van der Waals surface area contributed by atoms with Crippen molar-refractivity contribution in [1.82, 2.24) is 0 Å². The molecule has 1 aliphatic rings. The maximum absolute atomic E-state index is 13.5. The Morgan fingerprint density at radius 1 is 0.935 bits per heavy atom. The molecule has 0 radical (unpaired) electrons. The number of fused-ring (bicyclic) bond motifs is 1. The number of hydrogen-bond donors (Lipinski definition) is 1. The Morgan fingerprint density at radius 3 is 2.32 bits per heavy atom. The van der Waals surface area contributed by atoms with Gasteiger partial charge in [0.05, 0.1) is 5.69 Å². The first kappa shape index (κ1) is 21.2. The fourth-order valence-corrected chi connectivity index (χ4v) is 5.27. The van der Waals surface area contributed by atoms with Gasteiger partial charge in [0, 0.05) is 28.9 Å². The van der Waals surface area contributed by atoms with Crippen molar-refractivity contribution in [3.63, 3.8) is 0 Å². The highest BCUT2D eigenvalue weighted by Crippen LogP contribution is 2.43. The van der Waals surface area contributed by atoms with Crippen LogP contribution in [-0.2, 0) is 14.8 Å².